The van der Waals surface area contributed by atoms with Crippen molar-refractivity contribution in [2.75, 3.05) is 12.4 Å². The molecule has 1 aliphatic rings. The molecule has 0 bridgehead atoms. The second-order valence-corrected chi connectivity index (χ2v) is 8.50. The van der Waals surface area contributed by atoms with Crippen molar-refractivity contribution in [2.24, 2.45) is 16.9 Å². The molecule has 0 saturated carbocycles. The predicted octanol–water partition coefficient (Wildman–Crippen LogP) is 5.35. The number of anilines is 1. The standard InChI is InChI=1S/C25H28F3N3O4/c1-5-17-13-22(32)31(14-16-6-9-19(10-7-16)29-24(33)15(2)3)30-23(17)18-8-11-20(21(12-18)34-4)35-25(26,27)28/h6-12,15,17H,5,13-14H2,1-4H3,(H,29,33). The van der Waals surface area contributed by atoms with Gasteiger partial charge < -0.3 is 14.8 Å². The lowest BCUT2D eigenvalue weighted by Gasteiger charge is -2.29. The van der Waals surface area contributed by atoms with Crippen molar-refractivity contribution in [1.82, 2.24) is 5.01 Å². The summed E-state index contributed by atoms with van der Waals surface area (Å²) >= 11 is 0. The number of hydrogen-bond acceptors (Lipinski definition) is 5. The Labute approximate surface area is 201 Å². The fourth-order valence-corrected chi connectivity index (χ4v) is 3.62. The summed E-state index contributed by atoms with van der Waals surface area (Å²) in [4.78, 5) is 24.6. The maximum Gasteiger partial charge on any atom is 0.573 e. The Kier molecular flexibility index (Phi) is 8.03. The third kappa shape index (κ3) is 6.74. The minimum Gasteiger partial charge on any atom is -0.493 e. The SMILES string of the molecule is CCC1CC(=O)N(Cc2ccc(NC(=O)C(C)C)cc2)N=C1c1ccc(OC(F)(F)F)c(OC)c1. The van der Waals surface area contributed by atoms with E-state index in [1.54, 1.807) is 38.1 Å². The molecule has 1 atom stereocenters. The molecule has 0 saturated heterocycles. The zero-order chi connectivity index (χ0) is 25.8. The summed E-state index contributed by atoms with van der Waals surface area (Å²) in [6, 6.07) is 11.2. The van der Waals surface area contributed by atoms with Crippen molar-refractivity contribution in [1.29, 1.82) is 0 Å². The number of rotatable bonds is 8. The third-order valence-electron chi connectivity index (χ3n) is 5.58. The molecule has 3 rings (SSSR count). The minimum atomic E-state index is -4.85. The maximum atomic E-state index is 12.8. The molecule has 0 aliphatic carbocycles. The first-order valence-corrected chi connectivity index (χ1v) is 11.2. The lowest BCUT2D eigenvalue weighted by molar-refractivity contribution is -0.275. The second kappa shape index (κ2) is 10.8. The summed E-state index contributed by atoms with van der Waals surface area (Å²) in [7, 11) is 1.26. The van der Waals surface area contributed by atoms with Crippen LogP contribution in [0.2, 0.25) is 0 Å². The van der Waals surface area contributed by atoms with E-state index in [9.17, 15) is 22.8 Å². The first-order chi connectivity index (χ1) is 16.5. The molecule has 188 valence electrons. The van der Waals surface area contributed by atoms with Crippen molar-refractivity contribution >= 4 is 23.2 Å². The first-order valence-electron chi connectivity index (χ1n) is 11.2. The molecule has 0 radical (unpaired) electrons. The molecule has 1 aliphatic heterocycles. The number of halogens is 3. The van der Waals surface area contributed by atoms with Gasteiger partial charge in [0.25, 0.3) is 0 Å². The van der Waals surface area contributed by atoms with Crippen LogP contribution in [-0.2, 0) is 16.1 Å². The number of alkyl halides is 3. The molecular weight excluding hydrogens is 463 g/mol. The molecule has 1 heterocycles. The van der Waals surface area contributed by atoms with E-state index in [0.717, 1.165) is 5.56 Å². The topological polar surface area (TPSA) is 80.2 Å². The summed E-state index contributed by atoms with van der Waals surface area (Å²) in [5.74, 6) is -1.11. The molecule has 0 fully saturated rings. The van der Waals surface area contributed by atoms with Gasteiger partial charge in [0, 0.05) is 29.5 Å². The summed E-state index contributed by atoms with van der Waals surface area (Å²) in [6.07, 6.45) is -3.99. The highest BCUT2D eigenvalue weighted by atomic mass is 19.4. The van der Waals surface area contributed by atoms with Gasteiger partial charge in [0.2, 0.25) is 11.8 Å². The number of amides is 2. The molecule has 2 amide bonds. The quantitative estimate of drug-likeness (QED) is 0.540. The average molecular weight is 492 g/mol. The van der Waals surface area contributed by atoms with Crippen LogP contribution >= 0.6 is 0 Å². The van der Waals surface area contributed by atoms with Gasteiger partial charge in [0.1, 0.15) is 0 Å². The summed E-state index contributed by atoms with van der Waals surface area (Å²) < 4.78 is 47.2. The normalized spacial score (nSPS) is 16.2. The van der Waals surface area contributed by atoms with Gasteiger partial charge in [-0.25, -0.2) is 5.01 Å². The van der Waals surface area contributed by atoms with E-state index in [2.05, 4.69) is 15.2 Å². The van der Waals surface area contributed by atoms with Crippen LogP contribution < -0.4 is 14.8 Å². The van der Waals surface area contributed by atoms with E-state index in [1.165, 1.54) is 30.3 Å². The molecule has 1 unspecified atom stereocenters. The van der Waals surface area contributed by atoms with Crippen LogP contribution in [0.5, 0.6) is 11.5 Å². The van der Waals surface area contributed by atoms with E-state index >= 15 is 0 Å². The molecule has 35 heavy (non-hydrogen) atoms. The number of methoxy groups -OCH3 is 1. The molecule has 2 aromatic carbocycles. The van der Waals surface area contributed by atoms with Gasteiger partial charge in [-0.1, -0.05) is 32.9 Å². The maximum absolute atomic E-state index is 12.8. The largest absolute Gasteiger partial charge is 0.573 e. The summed E-state index contributed by atoms with van der Waals surface area (Å²) in [5.41, 5.74) is 2.60. The van der Waals surface area contributed by atoms with Crippen molar-refractivity contribution in [3.63, 3.8) is 0 Å². The van der Waals surface area contributed by atoms with E-state index in [-0.39, 0.29) is 42.4 Å². The smallest absolute Gasteiger partial charge is 0.493 e. The third-order valence-corrected chi connectivity index (χ3v) is 5.58. The van der Waals surface area contributed by atoms with Crippen molar-refractivity contribution in [3.05, 3.63) is 53.6 Å². The molecular formula is C25H28F3N3O4. The molecule has 2 aromatic rings. The molecule has 7 nitrogen and oxygen atoms in total. The van der Waals surface area contributed by atoms with Gasteiger partial charge >= 0.3 is 6.36 Å². The predicted molar refractivity (Wildman–Crippen MR) is 125 cm³/mol. The lowest BCUT2D eigenvalue weighted by Crippen LogP contribution is -2.36. The van der Waals surface area contributed by atoms with Gasteiger partial charge in [-0.2, -0.15) is 5.10 Å². The van der Waals surface area contributed by atoms with Gasteiger partial charge in [-0.05, 0) is 42.3 Å². The molecule has 0 spiro atoms. The van der Waals surface area contributed by atoms with E-state index in [1.807, 2.05) is 6.92 Å². The Bertz CT molecular complexity index is 1100. The first kappa shape index (κ1) is 26.1. The van der Waals surface area contributed by atoms with Crippen LogP contribution in [0.25, 0.3) is 0 Å². The number of benzene rings is 2. The van der Waals surface area contributed by atoms with Crippen molar-refractivity contribution in [3.8, 4) is 11.5 Å². The number of ether oxygens (including phenoxy) is 2. The van der Waals surface area contributed by atoms with Crippen LogP contribution in [0, 0.1) is 11.8 Å². The number of hydrogen-bond donors (Lipinski definition) is 1. The fourth-order valence-electron chi connectivity index (χ4n) is 3.62. The Morgan fingerprint density at radius 3 is 2.43 bits per heavy atom. The van der Waals surface area contributed by atoms with Gasteiger partial charge in [-0.15, -0.1) is 13.2 Å². The zero-order valence-electron chi connectivity index (χ0n) is 20.0. The number of carbonyl (C=O) groups excluding carboxylic acids is 2. The summed E-state index contributed by atoms with van der Waals surface area (Å²) in [5, 5.41) is 8.74. The fraction of sp³-hybridized carbons (Fsp3) is 0.400. The Morgan fingerprint density at radius 1 is 1.17 bits per heavy atom. The molecule has 0 aromatic heterocycles. The van der Waals surface area contributed by atoms with Crippen molar-refractivity contribution < 1.29 is 32.2 Å². The second-order valence-electron chi connectivity index (χ2n) is 8.50. The summed E-state index contributed by atoms with van der Waals surface area (Å²) in [6.45, 7) is 5.74. The van der Waals surface area contributed by atoms with E-state index < -0.39 is 12.1 Å². The van der Waals surface area contributed by atoms with Crippen LogP contribution in [0.3, 0.4) is 0 Å². The van der Waals surface area contributed by atoms with Crippen molar-refractivity contribution in [2.45, 2.75) is 46.5 Å². The number of nitrogens with one attached hydrogen (secondary N) is 1. The highest BCUT2D eigenvalue weighted by Crippen LogP contribution is 2.35. The lowest BCUT2D eigenvalue weighted by atomic mass is 9.89. The van der Waals surface area contributed by atoms with Crippen LogP contribution in [-0.4, -0.2) is 36.0 Å². The number of carbonyl (C=O) groups is 2. The van der Waals surface area contributed by atoms with Gasteiger partial charge in [-0.3, -0.25) is 9.59 Å². The number of nitrogens with zero attached hydrogens (tertiary/aromatic N) is 2. The molecule has 1 N–H and O–H groups in total. The van der Waals surface area contributed by atoms with E-state index in [0.29, 0.717) is 23.4 Å². The Hall–Kier alpha value is -3.56. The van der Waals surface area contributed by atoms with Crippen LogP contribution in [0.4, 0.5) is 18.9 Å². The minimum absolute atomic E-state index is 0.0835. The van der Waals surface area contributed by atoms with Crippen LogP contribution in [0.15, 0.2) is 47.6 Å². The highest BCUT2D eigenvalue weighted by Gasteiger charge is 2.34. The van der Waals surface area contributed by atoms with Gasteiger partial charge in [0.05, 0.1) is 19.4 Å². The highest BCUT2D eigenvalue weighted by molar-refractivity contribution is 6.06. The Balaban J connectivity index is 1.85. The van der Waals surface area contributed by atoms with Crippen LogP contribution in [0.1, 0.15) is 44.7 Å². The Morgan fingerprint density at radius 2 is 1.86 bits per heavy atom. The average Bonchev–Trinajstić information content (AvgIpc) is 2.80. The van der Waals surface area contributed by atoms with Gasteiger partial charge in [0.15, 0.2) is 11.5 Å². The monoisotopic (exact) mass is 491 g/mol. The number of hydrazone groups is 1. The molecule has 10 heteroatoms. The zero-order valence-corrected chi connectivity index (χ0v) is 20.0. The van der Waals surface area contributed by atoms with E-state index in [4.69, 9.17) is 4.74 Å².